The Labute approximate surface area is 262 Å². The van der Waals surface area contributed by atoms with Crippen LogP contribution in [0.5, 0.6) is 0 Å². The van der Waals surface area contributed by atoms with Crippen molar-refractivity contribution in [2.75, 3.05) is 16.8 Å². The molecule has 0 unspecified atom stereocenters. The quantitative estimate of drug-likeness (QED) is 0.210. The van der Waals surface area contributed by atoms with Crippen molar-refractivity contribution in [3.63, 3.8) is 0 Å². The molecule has 0 saturated heterocycles. The highest BCUT2D eigenvalue weighted by Crippen LogP contribution is 2.44. The van der Waals surface area contributed by atoms with Crippen LogP contribution in [0.3, 0.4) is 0 Å². The predicted octanol–water partition coefficient (Wildman–Crippen LogP) is 11.8. The summed E-state index contributed by atoms with van der Waals surface area (Å²) in [6.07, 6.45) is 4.47. The topological polar surface area (TPSA) is 15.3 Å². The van der Waals surface area contributed by atoms with Crippen LogP contribution in [0, 0.1) is 0 Å². The van der Waals surface area contributed by atoms with Crippen LogP contribution in [0.4, 0.5) is 22.1 Å². The van der Waals surface area contributed by atoms with Crippen LogP contribution in [-0.4, -0.2) is 6.54 Å². The molecule has 3 heteroatoms. The molecule has 8 rings (SSSR count). The zero-order chi connectivity index (χ0) is 29.3. The largest absolute Gasteiger partial charge is 0.373 e. The third-order valence-corrected chi connectivity index (χ3v) is 9.45. The molecule has 2 heterocycles. The Morgan fingerprint density at radius 1 is 0.477 bits per heavy atom. The maximum atomic E-state index is 3.54. The van der Waals surface area contributed by atoms with Gasteiger partial charge in [-0.15, -0.1) is 11.3 Å². The van der Waals surface area contributed by atoms with Gasteiger partial charge in [0, 0.05) is 39.3 Å². The van der Waals surface area contributed by atoms with Gasteiger partial charge in [0.15, 0.2) is 0 Å². The van der Waals surface area contributed by atoms with Crippen molar-refractivity contribution in [1.29, 1.82) is 0 Å². The van der Waals surface area contributed by atoms with Crippen molar-refractivity contribution in [2.45, 2.75) is 0 Å². The molecule has 0 radical (unpaired) electrons. The van der Waals surface area contributed by atoms with E-state index in [2.05, 4.69) is 174 Å². The van der Waals surface area contributed by atoms with Gasteiger partial charge in [0.25, 0.3) is 0 Å². The summed E-state index contributed by atoms with van der Waals surface area (Å²) in [5.41, 5.74) is 12.0. The number of fused-ring (bicyclic) bond motifs is 3. The molecule has 0 fully saturated rings. The van der Waals surface area contributed by atoms with Crippen molar-refractivity contribution in [3.8, 4) is 33.4 Å². The maximum Gasteiger partial charge on any atom is 0.0971 e. The first-order chi connectivity index (χ1) is 21.8. The van der Waals surface area contributed by atoms with Crippen molar-refractivity contribution in [1.82, 2.24) is 0 Å². The molecule has 7 aromatic rings. The molecule has 1 aromatic heterocycles. The van der Waals surface area contributed by atoms with Crippen molar-refractivity contribution in [3.05, 3.63) is 163 Å². The second kappa shape index (κ2) is 11.4. The average molecular weight is 583 g/mol. The third kappa shape index (κ3) is 4.88. The summed E-state index contributed by atoms with van der Waals surface area (Å²) in [6.45, 7) is 0.887. The Hall–Kier alpha value is -5.38. The predicted molar refractivity (Wildman–Crippen MR) is 190 cm³/mol. The van der Waals surface area contributed by atoms with E-state index in [1.165, 1.54) is 54.0 Å². The van der Waals surface area contributed by atoms with Gasteiger partial charge in [-0.3, -0.25) is 0 Å². The van der Waals surface area contributed by atoms with E-state index < -0.39 is 0 Å². The molecule has 0 atom stereocenters. The summed E-state index contributed by atoms with van der Waals surface area (Å²) >= 11 is 1.84. The van der Waals surface area contributed by atoms with Crippen LogP contribution < -0.4 is 10.2 Å². The first-order valence-corrected chi connectivity index (χ1v) is 15.8. The standard InChI is InChI=1S/C41H30N2S/c1-3-9-29(10-4-1)31-16-22-34(23-17-31)43(35-24-18-32(19-25-35)30-11-5-2-6-12-30)36-26-20-33(21-27-36)37-13-7-15-39-40(37)38-14-8-28-42-41(38)44-39/h1-27,42H,28H2. The van der Waals surface area contributed by atoms with E-state index in [0.29, 0.717) is 0 Å². The zero-order valence-corrected chi connectivity index (χ0v) is 25.0. The number of hydrogen-bond donors (Lipinski definition) is 1. The fourth-order valence-electron chi connectivity index (χ4n) is 6.14. The minimum absolute atomic E-state index is 0.887. The lowest BCUT2D eigenvalue weighted by molar-refractivity contribution is 1.28. The molecule has 210 valence electrons. The molecular formula is C41H30N2S. The van der Waals surface area contributed by atoms with Crippen molar-refractivity contribution in [2.24, 2.45) is 0 Å². The molecule has 44 heavy (non-hydrogen) atoms. The zero-order valence-electron chi connectivity index (χ0n) is 24.2. The lowest BCUT2D eigenvalue weighted by atomic mass is 9.97. The average Bonchev–Trinajstić information content (AvgIpc) is 3.49. The number of nitrogens with one attached hydrogen (secondary N) is 1. The summed E-state index contributed by atoms with van der Waals surface area (Å²) in [4.78, 5) is 2.34. The first kappa shape index (κ1) is 26.3. The van der Waals surface area contributed by atoms with Crippen LogP contribution in [0.1, 0.15) is 5.56 Å². The minimum Gasteiger partial charge on any atom is -0.373 e. The number of thiophene rings is 1. The van der Waals surface area contributed by atoms with Crippen LogP contribution in [0.15, 0.2) is 158 Å². The smallest absolute Gasteiger partial charge is 0.0971 e. The van der Waals surface area contributed by atoms with Crippen LogP contribution in [0.25, 0.3) is 49.5 Å². The van der Waals surface area contributed by atoms with E-state index in [1.807, 2.05) is 11.3 Å². The van der Waals surface area contributed by atoms with Crippen LogP contribution in [-0.2, 0) is 0 Å². The van der Waals surface area contributed by atoms with E-state index in [1.54, 1.807) is 0 Å². The Morgan fingerprint density at radius 2 is 0.977 bits per heavy atom. The summed E-state index contributed by atoms with van der Waals surface area (Å²) in [5, 5.41) is 6.13. The summed E-state index contributed by atoms with van der Waals surface area (Å²) in [6, 6.07) is 54.5. The Bertz CT molecular complexity index is 1990. The highest BCUT2D eigenvalue weighted by molar-refractivity contribution is 7.23. The van der Waals surface area contributed by atoms with E-state index in [9.17, 15) is 0 Å². The Kier molecular flexibility index (Phi) is 6.78. The van der Waals surface area contributed by atoms with Crippen molar-refractivity contribution < 1.29 is 0 Å². The lowest BCUT2D eigenvalue weighted by Crippen LogP contribution is -2.09. The minimum atomic E-state index is 0.887. The summed E-state index contributed by atoms with van der Waals surface area (Å²) in [5.74, 6) is 0. The van der Waals surface area contributed by atoms with Gasteiger partial charge in [-0.05, 0) is 75.8 Å². The fourth-order valence-corrected chi connectivity index (χ4v) is 7.26. The number of rotatable bonds is 6. The van der Waals surface area contributed by atoms with Gasteiger partial charge in [0.1, 0.15) is 0 Å². The van der Waals surface area contributed by atoms with Crippen LogP contribution >= 0.6 is 11.3 Å². The number of anilines is 4. The molecular weight excluding hydrogens is 553 g/mol. The molecule has 1 aliphatic rings. The fraction of sp³-hybridized carbons (Fsp3) is 0.0244. The monoisotopic (exact) mass is 582 g/mol. The second-order valence-electron chi connectivity index (χ2n) is 11.0. The van der Waals surface area contributed by atoms with E-state index in [-0.39, 0.29) is 0 Å². The highest BCUT2D eigenvalue weighted by Gasteiger charge is 2.17. The molecule has 0 amide bonds. The third-order valence-electron chi connectivity index (χ3n) is 8.32. The molecule has 0 aliphatic carbocycles. The van der Waals surface area contributed by atoms with Gasteiger partial charge >= 0.3 is 0 Å². The number of nitrogens with zero attached hydrogens (tertiary/aromatic N) is 1. The van der Waals surface area contributed by atoms with E-state index >= 15 is 0 Å². The molecule has 1 N–H and O–H groups in total. The van der Waals surface area contributed by atoms with Gasteiger partial charge < -0.3 is 10.2 Å². The highest BCUT2D eigenvalue weighted by atomic mass is 32.1. The lowest BCUT2D eigenvalue weighted by Gasteiger charge is -2.26. The van der Waals surface area contributed by atoms with Gasteiger partial charge in [0.2, 0.25) is 0 Å². The Morgan fingerprint density at radius 3 is 1.52 bits per heavy atom. The molecule has 1 aliphatic heterocycles. The molecule has 2 nitrogen and oxygen atoms in total. The van der Waals surface area contributed by atoms with E-state index in [0.717, 1.165) is 23.6 Å². The molecule has 0 bridgehead atoms. The van der Waals surface area contributed by atoms with E-state index in [4.69, 9.17) is 0 Å². The SMILES string of the molecule is C1=Cc2c(sc3cccc(-c4ccc(N(c5ccc(-c6ccccc6)cc5)c5ccc(-c6ccccc6)cc5)cc4)c23)NC1. The van der Waals surface area contributed by atoms with Gasteiger partial charge in [-0.25, -0.2) is 0 Å². The van der Waals surface area contributed by atoms with Crippen molar-refractivity contribution >= 4 is 49.6 Å². The normalized spacial score (nSPS) is 12.1. The second-order valence-corrected chi connectivity index (χ2v) is 12.1. The van der Waals surface area contributed by atoms with Gasteiger partial charge in [-0.1, -0.05) is 121 Å². The maximum absolute atomic E-state index is 3.54. The summed E-state index contributed by atoms with van der Waals surface area (Å²) < 4.78 is 1.31. The molecule has 0 spiro atoms. The van der Waals surface area contributed by atoms with Gasteiger partial charge in [0.05, 0.1) is 5.00 Å². The number of hydrogen-bond acceptors (Lipinski definition) is 3. The number of benzene rings is 6. The van der Waals surface area contributed by atoms with Gasteiger partial charge in [-0.2, -0.15) is 0 Å². The Balaban J connectivity index is 1.19. The summed E-state index contributed by atoms with van der Waals surface area (Å²) in [7, 11) is 0. The molecule has 6 aromatic carbocycles. The molecule has 0 saturated carbocycles. The van der Waals surface area contributed by atoms with Crippen LogP contribution in [0.2, 0.25) is 0 Å². The first-order valence-electron chi connectivity index (χ1n) is 15.0.